The molecule has 0 aliphatic carbocycles. The molecule has 14 heavy (non-hydrogen) atoms. The van der Waals surface area contributed by atoms with Gasteiger partial charge in [-0.15, -0.1) is 0 Å². The Labute approximate surface area is 86.4 Å². The maximum atomic E-state index is 6.50. The van der Waals surface area contributed by atoms with E-state index in [9.17, 15) is 0 Å². The number of nitriles is 1. The zero-order chi connectivity index (χ0) is 9.94. The molecule has 3 heteroatoms. The monoisotopic (exact) mass is 193 g/mol. The van der Waals surface area contributed by atoms with Gasteiger partial charge in [0, 0.05) is 18.5 Å². The summed E-state index contributed by atoms with van der Waals surface area (Å²) in [4.78, 5) is 4.25. The van der Waals surface area contributed by atoms with Gasteiger partial charge in [0.25, 0.3) is 0 Å². The topological polar surface area (TPSA) is 71.7 Å². The van der Waals surface area contributed by atoms with Crippen LogP contribution in [0.25, 0.3) is 0 Å². The smallest absolute Gasteiger partial charge is 0.0462 e. The summed E-state index contributed by atoms with van der Waals surface area (Å²) in [6.07, 6.45) is 6.87. The Bertz CT molecular complexity index is 218. The van der Waals surface area contributed by atoms with Gasteiger partial charge in [0.2, 0.25) is 0 Å². The van der Waals surface area contributed by atoms with Gasteiger partial charge in [-0.2, -0.15) is 0 Å². The molecule has 0 atom stereocenters. The standard InChI is InChI=1S/C10H15N.CHN.H3N/c1-2-3-4-7-10-8-5-6-9-11-10;1-2;/h5-6,8-9H,2-4,7H2,1H3;1H;1H3. The van der Waals surface area contributed by atoms with Crippen molar-refractivity contribution in [2.45, 2.75) is 32.6 Å². The Kier molecular flexibility index (Phi) is 12.5. The summed E-state index contributed by atoms with van der Waals surface area (Å²) in [5, 5.41) is 6.50. The van der Waals surface area contributed by atoms with E-state index in [1.165, 1.54) is 25.0 Å². The first-order chi connectivity index (χ1) is 6.43. The maximum Gasteiger partial charge on any atom is 0.0462 e. The average Bonchev–Trinajstić information content (AvgIpc) is 2.23. The lowest BCUT2D eigenvalue weighted by Crippen LogP contribution is -1.87. The fraction of sp³-hybridized carbons (Fsp3) is 0.455. The molecule has 0 bridgehead atoms. The number of pyridine rings is 1. The van der Waals surface area contributed by atoms with Crippen molar-refractivity contribution in [2.75, 3.05) is 0 Å². The van der Waals surface area contributed by atoms with E-state index < -0.39 is 0 Å². The molecule has 0 saturated heterocycles. The molecule has 78 valence electrons. The molecule has 1 aromatic heterocycles. The van der Waals surface area contributed by atoms with Crippen LogP contribution >= 0.6 is 0 Å². The second kappa shape index (κ2) is 11.6. The lowest BCUT2D eigenvalue weighted by molar-refractivity contribution is 0.707. The predicted molar refractivity (Wildman–Crippen MR) is 59.2 cm³/mol. The van der Waals surface area contributed by atoms with Gasteiger partial charge in [-0.3, -0.25) is 4.98 Å². The Balaban J connectivity index is 0. The number of nitrogens with zero attached hydrogens (tertiary/aromatic N) is 2. The van der Waals surface area contributed by atoms with Crippen LogP contribution in [0.15, 0.2) is 24.4 Å². The second-order valence-electron chi connectivity index (χ2n) is 2.78. The second-order valence-corrected chi connectivity index (χ2v) is 2.78. The van der Waals surface area contributed by atoms with Gasteiger partial charge in [0.1, 0.15) is 0 Å². The largest absolute Gasteiger partial charge is 0.344 e. The molecule has 0 aliphatic heterocycles. The molecule has 0 saturated carbocycles. The highest BCUT2D eigenvalue weighted by molar-refractivity contribution is 5.03. The molecule has 0 radical (unpaired) electrons. The first-order valence-electron chi connectivity index (χ1n) is 4.59. The highest BCUT2D eigenvalue weighted by atomic mass is 14.7. The van der Waals surface area contributed by atoms with Crippen LogP contribution in [0.1, 0.15) is 31.9 Å². The lowest BCUT2D eigenvalue weighted by Gasteiger charge is -1.97. The van der Waals surface area contributed by atoms with Crippen LogP contribution in [0.4, 0.5) is 0 Å². The summed E-state index contributed by atoms with van der Waals surface area (Å²) in [5.41, 5.74) is 1.22. The van der Waals surface area contributed by atoms with Crippen molar-refractivity contribution in [1.82, 2.24) is 11.1 Å². The molecule has 0 aromatic carbocycles. The fourth-order valence-corrected chi connectivity index (χ4v) is 1.10. The average molecular weight is 193 g/mol. The Morgan fingerprint density at radius 1 is 1.29 bits per heavy atom. The molecule has 0 spiro atoms. The van der Waals surface area contributed by atoms with E-state index in [2.05, 4.69) is 24.5 Å². The van der Waals surface area contributed by atoms with Crippen LogP contribution in [0.3, 0.4) is 0 Å². The van der Waals surface area contributed by atoms with Gasteiger partial charge >= 0.3 is 0 Å². The fourth-order valence-electron chi connectivity index (χ4n) is 1.10. The number of aryl methyl sites for hydroxylation is 1. The van der Waals surface area contributed by atoms with E-state index in [0.29, 0.717) is 0 Å². The van der Waals surface area contributed by atoms with Crippen molar-refractivity contribution < 1.29 is 0 Å². The third-order valence-electron chi connectivity index (χ3n) is 1.76. The van der Waals surface area contributed by atoms with Gasteiger partial charge in [-0.05, 0) is 25.0 Å². The lowest BCUT2D eigenvalue weighted by atomic mass is 10.1. The van der Waals surface area contributed by atoms with Gasteiger partial charge < -0.3 is 6.15 Å². The van der Waals surface area contributed by atoms with Gasteiger partial charge in [-0.1, -0.05) is 25.8 Å². The quantitative estimate of drug-likeness (QED) is 0.747. The van der Waals surface area contributed by atoms with E-state index in [-0.39, 0.29) is 6.15 Å². The van der Waals surface area contributed by atoms with Gasteiger partial charge in [-0.25, -0.2) is 5.26 Å². The Morgan fingerprint density at radius 2 is 2.00 bits per heavy atom. The van der Waals surface area contributed by atoms with E-state index in [1.54, 1.807) is 0 Å². The van der Waals surface area contributed by atoms with Crippen molar-refractivity contribution in [3.8, 4) is 6.57 Å². The zero-order valence-corrected chi connectivity index (χ0v) is 8.82. The van der Waals surface area contributed by atoms with E-state index in [0.717, 1.165) is 6.42 Å². The summed E-state index contributed by atoms with van der Waals surface area (Å²) < 4.78 is 0. The molecule has 0 amide bonds. The predicted octanol–water partition coefficient (Wildman–Crippen LogP) is 3.12. The van der Waals surface area contributed by atoms with Crippen molar-refractivity contribution >= 4 is 0 Å². The highest BCUT2D eigenvalue weighted by Crippen LogP contribution is 2.02. The van der Waals surface area contributed by atoms with E-state index in [4.69, 9.17) is 5.26 Å². The molecular weight excluding hydrogens is 174 g/mol. The molecule has 1 rings (SSSR count). The molecule has 1 heterocycles. The summed E-state index contributed by atoms with van der Waals surface area (Å²) >= 11 is 0. The molecule has 3 N–H and O–H groups in total. The molecular formula is C11H19N3. The minimum Gasteiger partial charge on any atom is -0.344 e. The number of hydrogen-bond donors (Lipinski definition) is 1. The van der Waals surface area contributed by atoms with Crippen LogP contribution in [-0.4, -0.2) is 4.98 Å². The van der Waals surface area contributed by atoms with Crippen LogP contribution in [0.5, 0.6) is 0 Å². The molecule has 3 nitrogen and oxygen atoms in total. The van der Waals surface area contributed by atoms with Crippen LogP contribution < -0.4 is 6.15 Å². The minimum absolute atomic E-state index is 0. The summed E-state index contributed by atoms with van der Waals surface area (Å²) in [5.74, 6) is 0. The number of rotatable bonds is 4. The Hall–Kier alpha value is -1.40. The van der Waals surface area contributed by atoms with Crippen molar-refractivity contribution in [3.05, 3.63) is 30.1 Å². The molecule has 0 aliphatic rings. The van der Waals surface area contributed by atoms with Crippen molar-refractivity contribution in [1.29, 1.82) is 5.26 Å². The highest BCUT2D eigenvalue weighted by Gasteiger charge is 1.90. The van der Waals surface area contributed by atoms with Crippen molar-refractivity contribution in [2.24, 2.45) is 0 Å². The number of aromatic nitrogens is 1. The first-order valence-corrected chi connectivity index (χ1v) is 4.59. The molecule has 0 fully saturated rings. The molecule has 1 aromatic rings. The number of hydrogen-bond acceptors (Lipinski definition) is 3. The normalized spacial score (nSPS) is 7.93. The summed E-state index contributed by atoms with van der Waals surface area (Å²) in [6, 6.07) is 6.10. The third kappa shape index (κ3) is 7.26. The minimum atomic E-state index is 0. The van der Waals surface area contributed by atoms with E-state index in [1.807, 2.05) is 18.3 Å². The third-order valence-corrected chi connectivity index (χ3v) is 1.76. The number of unbranched alkanes of at least 4 members (excludes halogenated alkanes) is 2. The zero-order valence-electron chi connectivity index (χ0n) is 8.82. The van der Waals surface area contributed by atoms with E-state index >= 15 is 0 Å². The van der Waals surface area contributed by atoms with Crippen LogP contribution in [0, 0.1) is 11.8 Å². The van der Waals surface area contributed by atoms with Crippen molar-refractivity contribution in [3.63, 3.8) is 0 Å². The van der Waals surface area contributed by atoms with Gasteiger partial charge in [0.15, 0.2) is 0 Å². The molecule has 0 unspecified atom stereocenters. The van der Waals surface area contributed by atoms with Crippen LogP contribution in [0.2, 0.25) is 0 Å². The summed E-state index contributed by atoms with van der Waals surface area (Å²) in [6.45, 7) is 5.72. The first kappa shape index (κ1) is 15.1. The van der Waals surface area contributed by atoms with Crippen LogP contribution in [-0.2, 0) is 6.42 Å². The Morgan fingerprint density at radius 3 is 2.50 bits per heavy atom. The SMILES string of the molecule is C#N.CCCCCc1ccccn1.N. The maximum absolute atomic E-state index is 6.50. The summed E-state index contributed by atoms with van der Waals surface area (Å²) in [7, 11) is 0. The van der Waals surface area contributed by atoms with Gasteiger partial charge in [0.05, 0.1) is 0 Å².